The molecular weight excluding hydrogens is 234 g/mol. The first-order valence-corrected chi connectivity index (χ1v) is 5.45. The lowest BCUT2D eigenvalue weighted by Gasteiger charge is -2.16. The van der Waals surface area contributed by atoms with Crippen molar-refractivity contribution in [2.24, 2.45) is 5.73 Å². The van der Waals surface area contributed by atoms with Gasteiger partial charge >= 0.3 is 6.03 Å². The van der Waals surface area contributed by atoms with Gasteiger partial charge in [-0.15, -0.1) is 0 Å². The van der Waals surface area contributed by atoms with Crippen molar-refractivity contribution in [3.63, 3.8) is 0 Å². The lowest BCUT2D eigenvalue weighted by Crippen LogP contribution is -2.42. The van der Waals surface area contributed by atoms with Crippen LogP contribution in [0.25, 0.3) is 0 Å². The number of hydrogen-bond acceptors (Lipinski definition) is 4. The monoisotopic (exact) mass is 251 g/mol. The highest BCUT2D eigenvalue weighted by Gasteiger charge is 2.17. The molecule has 0 radical (unpaired) electrons. The van der Waals surface area contributed by atoms with E-state index in [9.17, 15) is 9.59 Å². The first-order chi connectivity index (χ1) is 8.31. The summed E-state index contributed by atoms with van der Waals surface area (Å²) < 4.78 is 5.47. The van der Waals surface area contributed by atoms with Crippen molar-refractivity contribution >= 4 is 17.6 Å². The van der Waals surface area contributed by atoms with E-state index in [-0.39, 0.29) is 0 Å². The molecule has 6 heteroatoms. The van der Waals surface area contributed by atoms with Crippen LogP contribution >= 0.6 is 0 Å². The maximum atomic E-state index is 11.5. The molecule has 0 aliphatic rings. The number of carbonyl (C=O) groups excluding carboxylic acids is 2. The van der Waals surface area contributed by atoms with Crippen LogP contribution < -0.4 is 21.5 Å². The van der Waals surface area contributed by atoms with E-state index in [0.29, 0.717) is 11.4 Å². The quantitative estimate of drug-likeness (QED) is 0.692. The highest BCUT2D eigenvalue weighted by molar-refractivity contribution is 5.95. The van der Waals surface area contributed by atoms with Crippen LogP contribution in [0.4, 0.5) is 10.5 Å². The van der Waals surface area contributed by atoms with Crippen molar-refractivity contribution in [3.8, 4) is 5.75 Å². The molecular formula is C12H17N3O3. The Bertz CT molecular complexity index is 486. The molecule has 5 N–H and O–H groups in total. The third kappa shape index (κ3) is 3.38. The Hall–Kier alpha value is -2.24. The van der Waals surface area contributed by atoms with Gasteiger partial charge in [-0.3, -0.25) is 10.1 Å². The number of aryl methyl sites for hydroxylation is 2. The minimum atomic E-state index is -0.902. The summed E-state index contributed by atoms with van der Waals surface area (Å²) in [5.74, 6) is -0.0369. The van der Waals surface area contributed by atoms with Crippen molar-refractivity contribution in [2.45, 2.75) is 26.9 Å². The number of anilines is 1. The molecule has 1 aromatic carbocycles. The van der Waals surface area contributed by atoms with Gasteiger partial charge in [-0.25, -0.2) is 4.79 Å². The number of amides is 3. The molecule has 1 rings (SSSR count). The predicted octanol–water partition coefficient (Wildman–Crippen LogP) is 0.848. The fraction of sp³-hybridized carbons (Fsp3) is 0.333. The van der Waals surface area contributed by atoms with Gasteiger partial charge in [0.15, 0.2) is 6.10 Å². The number of nitrogens with one attached hydrogen (secondary N) is 1. The molecule has 0 saturated heterocycles. The van der Waals surface area contributed by atoms with E-state index < -0.39 is 18.0 Å². The van der Waals surface area contributed by atoms with Crippen LogP contribution in [-0.4, -0.2) is 18.0 Å². The number of rotatable bonds is 3. The third-order valence-electron chi connectivity index (χ3n) is 2.48. The minimum Gasteiger partial charge on any atom is -0.481 e. The fourth-order valence-corrected chi connectivity index (χ4v) is 1.41. The number of urea groups is 1. The van der Waals surface area contributed by atoms with Crippen molar-refractivity contribution < 1.29 is 14.3 Å². The Morgan fingerprint density at radius 2 is 1.89 bits per heavy atom. The van der Waals surface area contributed by atoms with Crippen molar-refractivity contribution in [3.05, 3.63) is 23.3 Å². The van der Waals surface area contributed by atoms with Crippen LogP contribution in [-0.2, 0) is 4.79 Å². The van der Waals surface area contributed by atoms with Gasteiger partial charge in [0.1, 0.15) is 5.75 Å². The number of primary amides is 1. The van der Waals surface area contributed by atoms with E-state index in [1.54, 1.807) is 12.1 Å². The molecule has 98 valence electrons. The lowest BCUT2D eigenvalue weighted by molar-refractivity contribution is -0.126. The minimum absolute atomic E-state index is 0.550. The van der Waals surface area contributed by atoms with Gasteiger partial charge in [0.25, 0.3) is 5.91 Å². The lowest BCUT2D eigenvalue weighted by atomic mass is 10.1. The molecule has 0 heterocycles. The van der Waals surface area contributed by atoms with Gasteiger partial charge in [0, 0.05) is 5.69 Å². The van der Waals surface area contributed by atoms with E-state index >= 15 is 0 Å². The van der Waals surface area contributed by atoms with Gasteiger partial charge in [0.05, 0.1) is 0 Å². The normalized spacial score (nSPS) is 11.7. The smallest absolute Gasteiger partial charge is 0.318 e. The Kier molecular flexibility index (Phi) is 4.14. The molecule has 6 nitrogen and oxygen atoms in total. The highest BCUT2D eigenvalue weighted by Crippen LogP contribution is 2.25. The summed E-state index contributed by atoms with van der Waals surface area (Å²) in [7, 11) is 0. The summed E-state index contributed by atoms with van der Waals surface area (Å²) in [4.78, 5) is 22.0. The number of carbonyl (C=O) groups is 2. The molecule has 0 aliphatic heterocycles. The predicted molar refractivity (Wildman–Crippen MR) is 68.1 cm³/mol. The Balaban J connectivity index is 2.81. The average Bonchev–Trinajstić information content (AvgIpc) is 2.24. The molecule has 18 heavy (non-hydrogen) atoms. The average molecular weight is 251 g/mol. The molecule has 1 atom stereocenters. The van der Waals surface area contributed by atoms with Crippen molar-refractivity contribution in [1.82, 2.24) is 5.32 Å². The van der Waals surface area contributed by atoms with Gasteiger partial charge in [-0.05, 0) is 44.0 Å². The third-order valence-corrected chi connectivity index (χ3v) is 2.48. The van der Waals surface area contributed by atoms with Gasteiger partial charge in [0.2, 0.25) is 0 Å². The summed E-state index contributed by atoms with van der Waals surface area (Å²) in [6.45, 7) is 5.20. The number of nitrogens with two attached hydrogens (primary N) is 2. The SMILES string of the molecule is Cc1cc(OC(C)C(=O)NC(N)=O)c(C)cc1N. The van der Waals surface area contributed by atoms with E-state index in [1.165, 1.54) is 6.92 Å². The second kappa shape index (κ2) is 5.39. The number of nitrogen functional groups attached to an aromatic ring is 1. The molecule has 1 aromatic rings. The topological polar surface area (TPSA) is 107 Å². The van der Waals surface area contributed by atoms with E-state index in [2.05, 4.69) is 0 Å². The molecule has 0 spiro atoms. The second-order valence-corrected chi connectivity index (χ2v) is 4.09. The zero-order valence-electron chi connectivity index (χ0n) is 10.6. The van der Waals surface area contributed by atoms with Crippen LogP contribution in [0.1, 0.15) is 18.1 Å². The standard InChI is InChI=1S/C12H17N3O3/c1-6-5-10(7(2)4-9(6)13)18-8(3)11(16)15-12(14)17/h4-5,8H,13H2,1-3H3,(H3,14,15,16,17). The van der Waals surface area contributed by atoms with Crippen LogP contribution in [0, 0.1) is 13.8 Å². The summed E-state index contributed by atoms with van der Waals surface area (Å²) >= 11 is 0. The first kappa shape index (κ1) is 13.8. The maximum absolute atomic E-state index is 11.5. The Morgan fingerprint density at radius 3 is 2.44 bits per heavy atom. The van der Waals surface area contributed by atoms with Crippen LogP contribution in [0.15, 0.2) is 12.1 Å². The van der Waals surface area contributed by atoms with Gasteiger partial charge in [-0.2, -0.15) is 0 Å². The molecule has 0 fully saturated rings. The Labute approximate surface area is 105 Å². The van der Waals surface area contributed by atoms with Crippen LogP contribution in [0.3, 0.4) is 0 Å². The number of ether oxygens (including phenoxy) is 1. The van der Waals surface area contributed by atoms with E-state index in [0.717, 1.165) is 11.1 Å². The molecule has 1 unspecified atom stereocenters. The van der Waals surface area contributed by atoms with Crippen molar-refractivity contribution in [1.29, 1.82) is 0 Å². The fourth-order valence-electron chi connectivity index (χ4n) is 1.41. The zero-order chi connectivity index (χ0) is 13.9. The van der Waals surface area contributed by atoms with E-state index in [4.69, 9.17) is 16.2 Å². The number of imide groups is 1. The molecule has 3 amide bonds. The Morgan fingerprint density at radius 1 is 1.28 bits per heavy atom. The second-order valence-electron chi connectivity index (χ2n) is 4.09. The maximum Gasteiger partial charge on any atom is 0.318 e. The summed E-state index contributed by atoms with van der Waals surface area (Å²) in [6.07, 6.45) is -0.820. The molecule has 0 saturated carbocycles. The largest absolute Gasteiger partial charge is 0.481 e. The van der Waals surface area contributed by atoms with Crippen LogP contribution in [0.5, 0.6) is 5.75 Å². The first-order valence-electron chi connectivity index (χ1n) is 5.45. The molecule has 0 aromatic heterocycles. The zero-order valence-corrected chi connectivity index (χ0v) is 10.6. The summed E-state index contributed by atoms with van der Waals surface area (Å²) in [6, 6.07) is 2.61. The molecule has 0 aliphatic carbocycles. The van der Waals surface area contributed by atoms with Crippen molar-refractivity contribution in [2.75, 3.05) is 5.73 Å². The number of hydrogen-bond donors (Lipinski definition) is 3. The number of benzene rings is 1. The summed E-state index contributed by atoms with van der Waals surface area (Å²) in [5.41, 5.74) is 12.9. The van der Waals surface area contributed by atoms with Crippen LogP contribution in [0.2, 0.25) is 0 Å². The summed E-state index contributed by atoms with van der Waals surface area (Å²) in [5, 5.41) is 1.96. The van der Waals surface area contributed by atoms with E-state index in [1.807, 2.05) is 19.2 Å². The highest BCUT2D eigenvalue weighted by atomic mass is 16.5. The molecule has 0 bridgehead atoms. The van der Waals surface area contributed by atoms with Gasteiger partial charge in [-0.1, -0.05) is 0 Å². The van der Waals surface area contributed by atoms with Gasteiger partial charge < -0.3 is 16.2 Å².